The van der Waals surface area contributed by atoms with E-state index in [0.29, 0.717) is 28.3 Å². The first-order valence-electron chi connectivity index (χ1n) is 12.4. The van der Waals surface area contributed by atoms with E-state index in [4.69, 9.17) is 10.5 Å². The van der Waals surface area contributed by atoms with Crippen LogP contribution in [0, 0.1) is 12.8 Å². The smallest absolute Gasteiger partial charge is 0.389 e. The number of nitrogens with zero attached hydrogens (tertiary/aromatic N) is 1. The van der Waals surface area contributed by atoms with Crippen LogP contribution in [0.15, 0.2) is 47.5 Å². The number of hydrogen-bond donors (Lipinski definition) is 3. The number of benzene rings is 2. The maximum absolute atomic E-state index is 13.0. The van der Waals surface area contributed by atoms with Gasteiger partial charge in [0.1, 0.15) is 5.75 Å². The molecule has 14 heteroatoms. The zero-order chi connectivity index (χ0) is 31.0. The van der Waals surface area contributed by atoms with Gasteiger partial charge in [-0.2, -0.15) is 26.3 Å². The van der Waals surface area contributed by atoms with Crippen molar-refractivity contribution in [2.75, 3.05) is 12.4 Å². The van der Waals surface area contributed by atoms with Crippen molar-refractivity contribution in [1.82, 2.24) is 5.32 Å². The summed E-state index contributed by atoms with van der Waals surface area (Å²) in [6, 6.07) is 12.4. The molecular weight excluding hydrogens is 558 g/mol. The maximum atomic E-state index is 13.0. The summed E-state index contributed by atoms with van der Waals surface area (Å²) >= 11 is 0. The minimum atomic E-state index is -4.52. The number of nitrogens with two attached hydrogens (primary N) is 1. The number of primary amides is 1. The van der Waals surface area contributed by atoms with E-state index in [1.54, 1.807) is 30.3 Å². The molecule has 0 aromatic heterocycles. The Morgan fingerprint density at radius 1 is 1.10 bits per heavy atom. The minimum absolute atomic E-state index is 0.336. The number of fused-ring (bicyclic) bond motifs is 1. The number of nitrogens with one attached hydrogen (secondary N) is 2. The number of carbonyl (C=O) groups excluding carboxylic acids is 3. The van der Waals surface area contributed by atoms with Gasteiger partial charge in [0, 0.05) is 36.3 Å². The van der Waals surface area contributed by atoms with Crippen molar-refractivity contribution in [2.24, 2.45) is 16.6 Å². The monoisotopic (exact) mass is 588 g/mol. The molecule has 2 unspecified atom stereocenters. The predicted molar refractivity (Wildman–Crippen MR) is 139 cm³/mol. The highest BCUT2D eigenvalue weighted by Crippen LogP contribution is 2.33. The van der Waals surface area contributed by atoms with Gasteiger partial charge in [-0.3, -0.25) is 14.4 Å². The van der Waals surface area contributed by atoms with E-state index in [0.717, 1.165) is 12.5 Å². The van der Waals surface area contributed by atoms with Crippen molar-refractivity contribution in [2.45, 2.75) is 58.0 Å². The van der Waals surface area contributed by atoms with Crippen LogP contribution in [-0.4, -0.2) is 49.1 Å². The molecule has 8 nitrogen and oxygen atoms in total. The lowest BCUT2D eigenvalue weighted by Crippen LogP contribution is -2.45. The second-order valence-electron chi connectivity index (χ2n) is 9.12. The number of alkyl halides is 6. The van der Waals surface area contributed by atoms with Gasteiger partial charge in [-0.05, 0) is 25.5 Å². The SMILES string of the molecule is CCC(F)(F)F.COc1cccc2c1NC(=O)C(NC(=O)C(CCC(F)(F)F)CC(N)=O)N=C2c1cccc(C)c1. The molecule has 224 valence electrons. The molecule has 0 spiro atoms. The van der Waals surface area contributed by atoms with Gasteiger partial charge in [0.25, 0.3) is 5.91 Å². The summed E-state index contributed by atoms with van der Waals surface area (Å²) in [6.07, 6.45) is -13.2. The van der Waals surface area contributed by atoms with E-state index in [9.17, 15) is 40.7 Å². The number of hydrogen-bond acceptors (Lipinski definition) is 5. The molecule has 1 heterocycles. The van der Waals surface area contributed by atoms with Crippen LogP contribution < -0.4 is 21.1 Å². The first-order chi connectivity index (χ1) is 19.0. The van der Waals surface area contributed by atoms with Crippen molar-refractivity contribution in [1.29, 1.82) is 0 Å². The third-order valence-corrected chi connectivity index (χ3v) is 5.82. The largest absolute Gasteiger partial charge is 0.495 e. The molecule has 41 heavy (non-hydrogen) atoms. The quantitative estimate of drug-likeness (QED) is 0.375. The number of amides is 3. The molecule has 2 atom stereocenters. The first kappa shape index (κ1) is 33.1. The molecule has 0 radical (unpaired) electrons. The zero-order valence-electron chi connectivity index (χ0n) is 22.4. The number of aliphatic imine (C=N–C) groups is 1. The van der Waals surface area contributed by atoms with E-state index in [-0.39, 0.29) is 0 Å². The number of aryl methyl sites for hydroxylation is 1. The van der Waals surface area contributed by atoms with Gasteiger partial charge in [-0.15, -0.1) is 0 Å². The molecule has 3 rings (SSSR count). The molecule has 0 aliphatic carbocycles. The fraction of sp³-hybridized carbons (Fsp3) is 0.407. The maximum Gasteiger partial charge on any atom is 0.389 e. The number of benzodiazepines with no additional fused rings is 1. The average Bonchev–Trinajstić information content (AvgIpc) is 3.01. The Morgan fingerprint density at radius 2 is 1.73 bits per heavy atom. The molecule has 0 fully saturated rings. The van der Waals surface area contributed by atoms with Crippen LogP contribution in [0.3, 0.4) is 0 Å². The Bertz CT molecular complexity index is 1280. The lowest BCUT2D eigenvalue weighted by Gasteiger charge is -2.19. The summed E-state index contributed by atoms with van der Waals surface area (Å²) in [6.45, 7) is 2.96. The van der Waals surface area contributed by atoms with Crippen molar-refractivity contribution in [3.8, 4) is 5.75 Å². The topological polar surface area (TPSA) is 123 Å². The van der Waals surface area contributed by atoms with Crippen molar-refractivity contribution < 1.29 is 45.5 Å². The van der Waals surface area contributed by atoms with Crippen LogP contribution in [0.25, 0.3) is 0 Å². The van der Waals surface area contributed by atoms with Gasteiger partial charge < -0.3 is 21.1 Å². The second-order valence-corrected chi connectivity index (χ2v) is 9.12. The molecule has 3 amide bonds. The number of rotatable bonds is 8. The van der Waals surface area contributed by atoms with Crippen molar-refractivity contribution in [3.63, 3.8) is 0 Å². The summed E-state index contributed by atoms with van der Waals surface area (Å²) in [5.74, 6) is -3.60. The molecule has 4 N–H and O–H groups in total. The van der Waals surface area contributed by atoms with Crippen LogP contribution in [-0.2, 0) is 14.4 Å². The third-order valence-electron chi connectivity index (χ3n) is 5.82. The Labute approximate surface area is 232 Å². The molecule has 0 saturated heterocycles. The second kappa shape index (κ2) is 14.0. The Balaban J connectivity index is 0.000000883. The summed E-state index contributed by atoms with van der Waals surface area (Å²) in [4.78, 5) is 41.7. The minimum Gasteiger partial charge on any atom is -0.495 e. The van der Waals surface area contributed by atoms with Gasteiger partial charge >= 0.3 is 12.4 Å². The summed E-state index contributed by atoms with van der Waals surface area (Å²) in [7, 11) is 1.43. The summed E-state index contributed by atoms with van der Waals surface area (Å²) in [5, 5.41) is 5.07. The fourth-order valence-corrected chi connectivity index (χ4v) is 3.76. The van der Waals surface area contributed by atoms with Crippen LogP contribution >= 0.6 is 0 Å². The first-order valence-corrected chi connectivity index (χ1v) is 12.4. The lowest BCUT2D eigenvalue weighted by atomic mass is 9.97. The number of halogens is 6. The van der Waals surface area contributed by atoms with E-state index in [2.05, 4.69) is 15.6 Å². The Hall–Kier alpha value is -4.10. The van der Waals surface area contributed by atoms with Crippen molar-refractivity contribution >= 4 is 29.1 Å². The van der Waals surface area contributed by atoms with E-state index in [1.807, 2.05) is 19.1 Å². The number of anilines is 1. The zero-order valence-corrected chi connectivity index (χ0v) is 22.4. The molecule has 0 bridgehead atoms. The highest BCUT2D eigenvalue weighted by Gasteiger charge is 2.34. The Kier molecular flexibility index (Phi) is 11.3. The van der Waals surface area contributed by atoms with E-state index >= 15 is 0 Å². The van der Waals surface area contributed by atoms with Gasteiger partial charge in [0.15, 0.2) is 0 Å². The number of para-hydroxylation sites is 1. The number of methoxy groups -OCH3 is 1. The van der Waals surface area contributed by atoms with Gasteiger partial charge in [-0.1, -0.05) is 42.8 Å². The molecular formula is C27H30F6N4O4. The predicted octanol–water partition coefficient (Wildman–Crippen LogP) is 5.03. The highest BCUT2D eigenvalue weighted by atomic mass is 19.4. The molecule has 1 aliphatic rings. The van der Waals surface area contributed by atoms with Crippen molar-refractivity contribution in [3.05, 3.63) is 59.2 Å². The average molecular weight is 589 g/mol. The fourth-order valence-electron chi connectivity index (χ4n) is 3.76. The van der Waals surface area contributed by atoms with Crippen LogP contribution in [0.4, 0.5) is 32.0 Å². The number of ether oxygens (including phenoxy) is 1. The van der Waals surface area contributed by atoms with Gasteiger partial charge in [-0.25, -0.2) is 4.99 Å². The standard InChI is InChI=1S/C24H25F3N4O4.C3H5F3/c1-13-5-3-6-14(11-13)19-16-7-4-8-17(35-2)20(16)30-23(34)21(29-19)31-22(33)15(12-18(28)32)9-10-24(25,26)27;1-2-3(4,5)6/h3-8,11,15,21H,9-10,12H2,1-2H3,(H2,28,32)(H,30,34)(H,31,33);2H2,1H3. The highest BCUT2D eigenvalue weighted by molar-refractivity contribution is 6.20. The van der Waals surface area contributed by atoms with Gasteiger partial charge in [0.05, 0.1) is 18.5 Å². The van der Waals surface area contributed by atoms with Crippen LogP contribution in [0.5, 0.6) is 5.75 Å². The molecule has 1 aliphatic heterocycles. The van der Waals surface area contributed by atoms with Crippen LogP contribution in [0.1, 0.15) is 49.3 Å². The third kappa shape index (κ3) is 10.4. The van der Waals surface area contributed by atoms with Gasteiger partial charge in [0.2, 0.25) is 18.0 Å². The summed E-state index contributed by atoms with van der Waals surface area (Å²) < 4.78 is 75.9. The normalized spacial score (nSPS) is 15.7. The van der Waals surface area contributed by atoms with E-state index < -0.39 is 67.8 Å². The number of carbonyl (C=O) groups is 3. The Morgan fingerprint density at radius 3 is 2.27 bits per heavy atom. The van der Waals surface area contributed by atoms with Crippen LogP contribution in [0.2, 0.25) is 0 Å². The summed E-state index contributed by atoms with van der Waals surface area (Å²) in [5.41, 5.74) is 7.95. The molecule has 0 saturated carbocycles. The van der Waals surface area contributed by atoms with E-state index in [1.165, 1.54) is 7.11 Å². The lowest BCUT2D eigenvalue weighted by molar-refractivity contribution is -0.143. The molecule has 2 aromatic carbocycles. The molecule has 2 aromatic rings.